The number of nitrogens with zero attached hydrogens (tertiary/aromatic N) is 1. The van der Waals surface area contributed by atoms with Crippen LogP contribution in [0.1, 0.15) is 50.5 Å². The molecule has 3 rings (SSSR count). The molecule has 1 aromatic carbocycles. The number of halogens is 1. The minimum Gasteiger partial charge on any atom is -0.393 e. The summed E-state index contributed by atoms with van der Waals surface area (Å²) in [4.78, 5) is 2.63. The van der Waals surface area contributed by atoms with Crippen molar-refractivity contribution in [1.29, 1.82) is 0 Å². The molecule has 1 N–H and O–H groups in total. The Morgan fingerprint density at radius 3 is 2.62 bits per heavy atom. The van der Waals surface area contributed by atoms with Crippen molar-refractivity contribution in [2.75, 3.05) is 6.54 Å². The third kappa shape index (κ3) is 3.69. The van der Waals surface area contributed by atoms with E-state index in [9.17, 15) is 5.11 Å². The Hall–Kier alpha value is -0.380. The van der Waals surface area contributed by atoms with Gasteiger partial charge in [-0.05, 0) is 43.9 Å². The van der Waals surface area contributed by atoms with Crippen LogP contribution in [0, 0.1) is 5.92 Å². The lowest BCUT2D eigenvalue weighted by Crippen LogP contribution is -2.48. The first-order valence-corrected chi connectivity index (χ1v) is 9.20. The highest BCUT2D eigenvalue weighted by Gasteiger charge is 2.35. The van der Waals surface area contributed by atoms with E-state index in [1.165, 1.54) is 55.1 Å². The predicted molar refractivity (Wildman–Crippen MR) is 90.2 cm³/mol. The SMILES string of the molecule is OC1CCCCC1C1CCCCN1Cc1ccccc1Br. The Kier molecular flexibility index (Phi) is 5.36. The van der Waals surface area contributed by atoms with E-state index in [4.69, 9.17) is 0 Å². The quantitative estimate of drug-likeness (QED) is 0.874. The number of likely N-dealkylation sites (tertiary alicyclic amines) is 1. The van der Waals surface area contributed by atoms with Crippen LogP contribution in [0.2, 0.25) is 0 Å². The first kappa shape index (κ1) is 15.5. The van der Waals surface area contributed by atoms with Crippen molar-refractivity contribution in [3.63, 3.8) is 0 Å². The molecule has 2 fully saturated rings. The number of benzene rings is 1. The lowest BCUT2D eigenvalue weighted by molar-refractivity contribution is -0.00867. The van der Waals surface area contributed by atoms with Crippen molar-refractivity contribution in [2.45, 2.75) is 63.6 Å². The Balaban J connectivity index is 1.73. The molecule has 2 nitrogen and oxygen atoms in total. The van der Waals surface area contributed by atoms with Crippen molar-refractivity contribution in [1.82, 2.24) is 4.90 Å². The second-order valence-corrected chi connectivity index (χ2v) is 7.50. The van der Waals surface area contributed by atoms with Gasteiger partial charge in [-0.15, -0.1) is 0 Å². The van der Waals surface area contributed by atoms with Gasteiger partial charge in [0.05, 0.1) is 6.10 Å². The summed E-state index contributed by atoms with van der Waals surface area (Å²) in [5.41, 5.74) is 1.37. The summed E-state index contributed by atoms with van der Waals surface area (Å²) in [5.74, 6) is 0.488. The molecule has 1 aliphatic heterocycles. The maximum absolute atomic E-state index is 10.4. The summed E-state index contributed by atoms with van der Waals surface area (Å²) in [7, 11) is 0. The maximum atomic E-state index is 10.4. The predicted octanol–water partition coefficient (Wildman–Crippen LogP) is 4.35. The summed E-state index contributed by atoms with van der Waals surface area (Å²) < 4.78 is 1.21. The first-order chi connectivity index (χ1) is 10.3. The molecule has 0 spiro atoms. The first-order valence-electron chi connectivity index (χ1n) is 8.41. The monoisotopic (exact) mass is 351 g/mol. The number of rotatable bonds is 3. The molecule has 1 heterocycles. The number of piperidine rings is 1. The largest absolute Gasteiger partial charge is 0.393 e. The van der Waals surface area contributed by atoms with Gasteiger partial charge in [-0.25, -0.2) is 0 Å². The van der Waals surface area contributed by atoms with Gasteiger partial charge in [0, 0.05) is 23.0 Å². The van der Waals surface area contributed by atoms with Gasteiger partial charge in [0.15, 0.2) is 0 Å². The van der Waals surface area contributed by atoms with E-state index in [-0.39, 0.29) is 6.10 Å². The topological polar surface area (TPSA) is 23.5 Å². The minimum atomic E-state index is -0.0800. The van der Waals surface area contributed by atoms with Crippen LogP contribution >= 0.6 is 15.9 Å². The minimum absolute atomic E-state index is 0.0800. The molecule has 3 heteroatoms. The van der Waals surface area contributed by atoms with Crippen molar-refractivity contribution in [3.05, 3.63) is 34.3 Å². The smallest absolute Gasteiger partial charge is 0.0583 e. The van der Waals surface area contributed by atoms with Gasteiger partial charge < -0.3 is 5.11 Å². The maximum Gasteiger partial charge on any atom is 0.0583 e. The van der Waals surface area contributed by atoms with E-state index < -0.39 is 0 Å². The number of aliphatic hydroxyl groups is 1. The molecule has 1 aliphatic carbocycles. The molecular weight excluding hydrogens is 326 g/mol. The molecule has 1 saturated heterocycles. The number of hydrogen-bond donors (Lipinski definition) is 1. The van der Waals surface area contributed by atoms with E-state index in [1.807, 2.05) is 0 Å². The fraction of sp³-hybridized carbons (Fsp3) is 0.667. The summed E-state index contributed by atoms with van der Waals surface area (Å²) in [6, 6.07) is 9.11. The zero-order chi connectivity index (χ0) is 14.7. The lowest BCUT2D eigenvalue weighted by Gasteiger charge is -2.44. The highest BCUT2D eigenvalue weighted by molar-refractivity contribution is 9.10. The zero-order valence-electron chi connectivity index (χ0n) is 12.7. The van der Waals surface area contributed by atoms with Gasteiger partial charge in [0.2, 0.25) is 0 Å². The standard InChI is InChI=1S/C18H26BrNO/c19-16-9-3-1-7-14(16)13-20-12-6-5-10-17(20)15-8-2-4-11-18(15)21/h1,3,7,9,15,17-18,21H,2,4-6,8,10-13H2. The van der Waals surface area contributed by atoms with Crippen LogP contribution < -0.4 is 0 Å². The van der Waals surface area contributed by atoms with Crippen LogP contribution in [0.3, 0.4) is 0 Å². The normalized spacial score (nSPS) is 31.2. The molecule has 1 aromatic rings. The number of aliphatic hydroxyl groups excluding tert-OH is 1. The Labute approximate surface area is 136 Å². The highest BCUT2D eigenvalue weighted by atomic mass is 79.9. The van der Waals surface area contributed by atoms with Crippen LogP contribution in [0.5, 0.6) is 0 Å². The summed E-state index contributed by atoms with van der Waals surface area (Å²) in [6.45, 7) is 2.19. The van der Waals surface area contributed by atoms with Gasteiger partial charge in [-0.3, -0.25) is 4.90 Å². The number of hydrogen-bond acceptors (Lipinski definition) is 2. The molecule has 2 aliphatic rings. The fourth-order valence-corrected chi connectivity index (χ4v) is 4.54. The molecule has 1 saturated carbocycles. The average Bonchev–Trinajstić information content (AvgIpc) is 2.51. The van der Waals surface area contributed by atoms with Gasteiger partial charge in [0.1, 0.15) is 0 Å². The summed E-state index contributed by atoms with van der Waals surface area (Å²) >= 11 is 3.67. The second kappa shape index (κ2) is 7.26. The average molecular weight is 352 g/mol. The van der Waals surface area contributed by atoms with Crippen LogP contribution in [-0.4, -0.2) is 28.7 Å². The zero-order valence-corrected chi connectivity index (χ0v) is 14.3. The van der Waals surface area contributed by atoms with Crippen molar-refractivity contribution in [2.24, 2.45) is 5.92 Å². The van der Waals surface area contributed by atoms with Crippen LogP contribution in [0.4, 0.5) is 0 Å². The second-order valence-electron chi connectivity index (χ2n) is 6.64. The van der Waals surface area contributed by atoms with E-state index in [0.29, 0.717) is 12.0 Å². The highest BCUT2D eigenvalue weighted by Crippen LogP contribution is 2.35. The molecule has 0 aromatic heterocycles. The summed E-state index contributed by atoms with van der Waals surface area (Å²) in [5, 5.41) is 10.4. The van der Waals surface area contributed by atoms with Crippen LogP contribution in [-0.2, 0) is 6.54 Å². The Morgan fingerprint density at radius 2 is 1.81 bits per heavy atom. The molecule has 0 bridgehead atoms. The lowest BCUT2D eigenvalue weighted by atomic mass is 9.78. The van der Waals surface area contributed by atoms with Crippen LogP contribution in [0.25, 0.3) is 0 Å². The van der Waals surface area contributed by atoms with Gasteiger partial charge in [-0.1, -0.05) is 53.4 Å². The molecule has 3 unspecified atom stereocenters. The molecule has 3 atom stereocenters. The van der Waals surface area contributed by atoms with Crippen molar-refractivity contribution >= 4 is 15.9 Å². The van der Waals surface area contributed by atoms with Gasteiger partial charge in [-0.2, -0.15) is 0 Å². The molecule has 0 amide bonds. The van der Waals surface area contributed by atoms with Crippen LogP contribution in [0.15, 0.2) is 28.7 Å². The van der Waals surface area contributed by atoms with E-state index in [2.05, 4.69) is 45.1 Å². The van der Waals surface area contributed by atoms with E-state index in [1.54, 1.807) is 0 Å². The molecular formula is C18H26BrNO. The summed E-state index contributed by atoms with van der Waals surface area (Å²) in [6.07, 6.45) is 8.50. The third-order valence-corrected chi connectivity index (χ3v) is 6.04. The fourth-order valence-electron chi connectivity index (χ4n) is 4.13. The van der Waals surface area contributed by atoms with Crippen molar-refractivity contribution < 1.29 is 5.11 Å². The molecule has 116 valence electrons. The molecule has 0 radical (unpaired) electrons. The Bertz CT molecular complexity index is 464. The third-order valence-electron chi connectivity index (χ3n) is 5.27. The van der Waals surface area contributed by atoms with E-state index >= 15 is 0 Å². The van der Waals surface area contributed by atoms with Crippen molar-refractivity contribution in [3.8, 4) is 0 Å². The molecule has 21 heavy (non-hydrogen) atoms. The van der Waals surface area contributed by atoms with Gasteiger partial charge >= 0.3 is 0 Å². The van der Waals surface area contributed by atoms with E-state index in [0.717, 1.165) is 13.0 Å². The Morgan fingerprint density at radius 1 is 1.05 bits per heavy atom. The van der Waals surface area contributed by atoms with Gasteiger partial charge in [0.25, 0.3) is 0 Å².